The summed E-state index contributed by atoms with van der Waals surface area (Å²) in [6.45, 7) is 18.1. The third kappa shape index (κ3) is 16.7. The first-order valence-corrected chi connectivity index (χ1v) is 27.3. The minimum absolute atomic E-state index is 0.119. The lowest BCUT2D eigenvalue weighted by molar-refractivity contribution is -0.164. The van der Waals surface area contributed by atoms with E-state index in [1.54, 1.807) is 0 Å². The van der Waals surface area contributed by atoms with Gasteiger partial charge in [0.2, 0.25) is 0 Å². The fraction of sp³-hybridized carbons (Fsp3) is 0.860. The van der Waals surface area contributed by atoms with E-state index in [9.17, 15) is 9.59 Å². The van der Waals surface area contributed by atoms with E-state index in [-0.39, 0.29) is 36.8 Å². The zero-order valence-electron chi connectivity index (χ0n) is 42.2. The van der Waals surface area contributed by atoms with Crippen LogP contribution < -0.4 is 0 Å². The minimum Gasteiger partial charge on any atom is -0.460 e. The van der Waals surface area contributed by atoms with Crippen molar-refractivity contribution in [3.63, 3.8) is 0 Å². The SMILES string of the molecule is CCCCC/C=C\C/C=C\CCCCCCCCOCC(CN1CCCCC1)OC(=O)COCC(=O)O[C@H]1CC[C@@]2(C)C(=CCC3C2CC[C@@]2(C)C3CC[C@@H]2[C@H](C)CCCC(C)C)C1. The highest BCUT2D eigenvalue weighted by Gasteiger charge is 2.59. The molecule has 0 radical (unpaired) electrons. The van der Waals surface area contributed by atoms with Crippen molar-refractivity contribution in [2.45, 2.75) is 221 Å². The molecule has 4 aliphatic carbocycles. The largest absolute Gasteiger partial charge is 0.460 e. The van der Waals surface area contributed by atoms with Crippen LogP contribution in [0.3, 0.4) is 0 Å². The number of allylic oxidation sites excluding steroid dienone is 5. The van der Waals surface area contributed by atoms with E-state index >= 15 is 0 Å². The molecular weight excluding hydrogens is 795 g/mol. The molecule has 366 valence electrons. The number of ether oxygens (including phenoxy) is 4. The van der Waals surface area contributed by atoms with E-state index < -0.39 is 5.97 Å². The standard InChI is InChI=1S/C57H97NO6/c1-7-8-9-10-11-12-13-14-15-16-17-18-19-20-21-25-39-61-42-49(41-58-37-23-22-24-38-58)64-55(60)44-62-43-54(59)63-48-33-35-56(5)47(40-48)29-30-50-52-32-31-51(46(4)28-26-27-45(2)3)57(52,6)36-34-53(50)56/h11-12,14-15,29,45-46,48-53H,7-10,13,16-28,30-44H2,1-6H3/b12-11-,15-14-/t46-,48+,49?,50?,51-,52?,53?,56+,57-/m1/s1. The van der Waals surface area contributed by atoms with Gasteiger partial charge in [0.15, 0.2) is 0 Å². The first-order chi connectivity index (χ1) is 31.0. The maximum Gasteiger partial charge on any atom is 0.332 e. The summed E-state index contributed by atoms with van der Waals surface area (Å²) in [5.74, 6) is 4.06. The van der Waals surface area contributed by atoms with Gasteiger partial charge in [0.25, 0.3) is 0 Å². The summed E-state index contributed by atoms with van der Waals surface area (Å²) >= 11 is 0. The van der Waals surface area contributed by atoms with Gasteiger partial charge < -0.3 is 18.9 Å². The molecule has 0 aromatic heterocycles. The van der Waals surface area contributed by atoms with Gasteiger partial charge in [-0.25, -0.2) is 9.59 Å². The van der Waals surface area contributed by atoms with Crippen LogP contribution in [-0.2, 0) is 28.5 Å². The Morgan fingerprint density at radius 1 is 0.766 bits per heavy atom. The van der Waals surface area contributed by atoms with Gasteiger partial charge in [0, 0.05) is 19.6 Å². The Labute approximate surface area is 393 Å². The molecule has 0 aromatic rings. The molecule has 1 aliphatic heterocycles. The van der Waals surface area contributed by atoms with Crippen molar-refractivity contribution in [3.8, 4) is 0 Å². The van der Waals surface area contributed by atoms with E-state index in [2.05, 4.69) is 76.8 Å². The van der Waals surface area contributed by atoms with Crippen LogP contribution in [-0.4, -0.2) is 75.1 Å². The molecule has 9 atom stereocenters. The number of fused-ring (bicyclic) bond motifs is 5. The Kier molecular flexibility index (Phi) is 23.5. The predicted molar refractivity (Wildman–Crippen MR) is 264 cm³/mol. The molecule has 0 bridgehead atoms. The summed E-state index contributed by atoms with van der Waals surface area (Å²) in [5, 5.41) is 0. The molecule has 64 heavy (non-hydrogen) atoms. The number of hydrogen-bond donors (Lipinski definition) is 0. The molecule has 4 fully saturated rings. The van der Waals surface area contributed by atoms with Crippen molar-refractivity contribution in [1.82, 2.24) is 4.90 Å². The van der Waals surface area contributed by atoms with Crippen molar-refractivity contribution >= 4 is 11.9 Å². The third-order valence-corrected chi connectivity index (χ3v) is 17.0. The second-order valence-corrected chi connectivity index (χ2v) is 22.3. The number of carbonyl (C=O) groups excluding carboxylic acids is 2. The number of esters is 2. The molecule has 5 rings (SSSR count). The van der Waals surface area contributed by atoms with Crippen LogP contribution >= 0.6 is 0 Å². The van der Waals surface area contributed by atoms with Crippen LogP contribution in [0.5, 0.6) is 0 Å². The zero-order valence-corrected chi connectivity index (χ0v) is 42.2. The Hall–Kier alpha value is -1.96. The Morgan fingerprint density at radius 2 is 1.48 bits per heavy atom. The Bertz CT molecular complexity index is 1430. The summed E-state index contributed by atoms with van der Waals surface area (Å²) in [4.78, 5) is 28.4. The van der Waals surface area contributed by atoms with E-state index in [0.717, 1.165) is 87.1 Å². The maximum absolute atomic E-state index is 13.0. The summed E-state index contributed by atoms with van der Waals surface area (Å²) in [7, 11) is 0. The summed E-state index contributed by atoms with van der Waals surface area (Å²) in [5.41, 5.74) is 2.23. The van der Waals surface area contributed by atoms with E-state index in [4.69, 9.17) is 18.9 Å². The predicted octanol–water partition coefficient (Wildman–Crippen LogP) is 14.2. The minimum atomic E-state index is -0.444. The van der Waals surface area contributed by atoms with Crippen molar-refractivity contribution in [2.24, 2.45) is 46.3 Å². The average molecular weight is 892 g/mol. The summed E-state index contributed by atoms with van der Waals surface area (Å²) < 4.78 is 23.6. The van der Waals surface area contributed by atoms with Gasteiger partial charge in [-0.3, -0.25) is 4.90 Å². The van der Waals surface area contributed by atoms with Crippen molar-refractivity contribution < 1.29 is 28.5 Å². The molecule has 4 unspecified atom stereocenters. The van der Waals surface area contributed by atoms with Gasteiger partial charge in [-0.15, -0.1) is 0 Å². The van der Waals surface area contributed by atoms with Crippen LogP contribution in [0.2, 0.25) is 0 Å². The lowest BCUT2D eigenvalue weighted by Crippen LogP contribution is -2.51. The van der Waals surface area contributed by atoms with Gasteiger partial charge in [-0.1, -0.05) is 142 Å². The van der Waals surface area contributed by atoms with Crippen molar-refractivity contribution in [2.75, 3.05) is 46.1 Å². The molecule has 1 saturated heterocycles. The molecule has 0 aromatic carbocycles. The highest BCUT2D eigenvalue weighted by Crippen LogP contribution is 2.67. The molecular formula is C57H97NO6. The number of likely N-dealkylation sites (tertiary alicyclic amines) is 1. The first kappa shape index (κ1) is 53.0. The third-order valence-electron chi connectivity index (χ3n) is 17.0. The smallest absolute Gasteiger partial charge is 0.332 e. The van der Waals surface area contributed by atoms with Gasteiger partial charge in [0.05, 0.1) is 6.61 Å². The van der Waals surface area contributed by atoms with Crippen LogP contribution in [0.4, 0.5) is 0 Å². The molecule has 0 spiro atoms. The Balaban J connectivity index is 0.954. The number of carbonyl (C=O) groups is 2. The summed E-state index contributed by atoms with van der Waals surface area (Å²) in [6.07, 6.45) is 43.3. The second kappa shape index (κ2) is 28.4. The average Bonchev–Trinajstić information content (AvgIpc) is 3.63. The number of unbranched alkanes of at least 4 members (excludes halogenated alkanes) is 9. The molecule has 3 saturated carbocycles. The molecule has 0 N–H and O–H groups in total. The topological polar surface area (TPSA) is 74.3 Å². The zero-order chi connectivity index (χ0) is 45.6. The van der Waals surface area contributed by atoms with Crippen molar-refractivity contribution in [1.29, 1.82) is 0 Å². The fourth-order valence-corrected chi connectivity index (χ4v) is 13.4. The highest BCUT2D eigenvalue weighted by molar-refractivity contribution is 5.73. The second-order valence-electron chi connectivity index (χ2n) is 22.3. The lowest BCUT2D eigenvalue weighted by Gasteiger charge is -2.58. The number of piperidine rings is 1. The van der Waals surface area contributed by atoms with Crippen LogP contribution in [0.25, 0.3) is 0 Å². The highest BCUT2D eigenvalue weighted by atomic mass is 16.6. The maximum atomic E-state index is 13.0. The van der Waals surface area contributed by atoms with Gasteiger partial charge in [-0.2, -0.15) is 0 Å². The van der Waals surface area contributed by atoms with Gasteiger partial charge in [-0.05, 0) is 156 Å². The summed E-state index contributed by atoms with van der Waals surface area (Å²) in [6, 6.07) is 0. The van der Waals surface area contributed by atoms with Crippen LogP contribution in [0.15, 0.2) is 36.0 Å². The van der Waals surface area contributed by atoms with Crippen LogP contribution in [0, 0.1) is 46.3 Å². The number of hydrogen-bond acceptors (Lipinski definition) is 7. The number of rotatable bonds is 30. The first-order valence-electron chi connectivity index (χ1n) is 27.3. The molecule has 5 aliphatic rings. The fourth-order valence-electron chi connectivity index (χ4n) is 13.4. The Morgan fingerprint density at radius 3 is 2.23 bits per heavy atom. The van der Waals surface area contributed by atoms with E-state index in [1.807, 2.05) is 0 Å². The molecule has 0 amide bonds. The van der Waals surface area contributed by atoms with Gasteiger partial charge in [0.1, 0.15) is 25.4 Å². The quantitative estimate of drug-likeness (QED) is 0.0404. The van der Waals surface area contributed by atoms with Gasteiger partial charge >= 0.3 is 11.9 Å². The normalized spacial score (nSPS) is 29.4. The lowest BCUT2D eigenvalue weighted by atomic mass is 9.47. The number of nitrogens with zero attached hydrogens (tertiary/aromatic N) is 1. The van der Waals surface area contributed by atoms with E-state index in [1.165, 1.54) is 134 Å². The van der Waals surface area contributed by atoms with E-state index in [0.29, 0.717) is 25.2 Å². The van der Waals surface area contributed by atoms with Crippen molar-refractivity contribution in [3.05, 3.63) is 36.0 Å². The molecule has 7 heteroatoms. The van der Waals surface area contributed by atoms with Crippen LogP contribution in [0.1, 0.15) is 208 Å². The monoisotopic (exact) mass is 892 g/mol. The molecule has 7 nitrogen and oxygen atoms in total. The molecule has 1 heterocycles.